The van der Waals surface area contributed by atoms with Crippen LogP contribution in [0, 0.1) is 0 Å². The fraction of sp³-hybridized carbons (Fsp3) is 0.438. The Bertz CT molecular complexity index is 527. The van der Waals surface area contributed by atoms with Gasteiger partial charge >= 0.3 is 0 Å². The van der Waals surface area contributed by atoms with Crippen molar-refractivity contribution in [1.82, 2.24) is 14.9 Å². The minimum Gasteiger partial charge on any atom is -0.311 e. The number of hydrogen-bond donors (Lipinski definition) is 1. The van der Waals surface area contributed by atoms with Gasteiger partial charge in [0.1, 0.15) is 0 Å². The average molecular weight is 287 g/mol. The Labute approximate surface area is 124 Å². The van der Waals surface area contributed by atoms with Crippen LogP contribution in [0.1, 0.15) is 25.3 Å². The number of nitrogens with one attached hydrogen (secondary N) is 1. The molecule has 1 atom stereocenters. The van der Waals surface area contributed by atoms with Crippen LogP contribution in [-0.2, 0) is 6.54 Å². The van der Waals surface area contributed by atoms with Crippen LogP contribution < -0.4 is 5.32 Å². The fourth-order valence-electron chi connectivity index (χ4n) is 2.65. The lowest BCUT2D eigenvalue weighted by Gasteiger charge is -2.23. The first kappa shape index (κ1) is 13.7. The van der Waals surface area contributed by atoms with E-state index in [-0.39, 0.29) is 0 Å². The predicted octanol–water partition coefficient (Wildman–Crippen LogP) is 3.25. The summed E-state index contributed by atoms with van der Waals surface area (Å²) in [5.74, 6) is 1.32. The van der Waals surface area contributed by atoms with Crippen LogP contribution in [0.4, 0.5) is 0 Å². The van der Waals surface area contributed by atoms with Gasteiger partial charge in [-0.15, -0.1) is 0 Å². The lowest BCUT2D eigenvalue weighted by Crippen LogP contribution is -2.32. The van der Waals surface area contributed by atoms with E-state index in [1.165, 1.54) is 24.2 Å². The van der Waals surface area contributed by atoms with Crippen LogP contribution in [0.15, 0.2) is 43.0 Å². The molecule has 0 spiro atoms. The maximum atomic E-state index is 4.07. The summed E-state index contributed by atoms with van der Waals surface area (Å²) in [6, 6.07) is 8.66. The molecule has 1 N–H and O–H groups in total. The van der Waals surface area contributed by atoms with E-state index in [0.717, 1.165) is 18.8 Å². The Balaban J connectivity index is 1.53. The highest BCUT2D eigenvalue weighted by Crippen LogP contribution is 2.36. The third-order valence-corrected chi connectivity index (χ3v) is 5.41. The maximum Gasteiger partial charge on any atom is 0.0991 e. The summed E-state index contributed by atoms with van der Waals surface area (Å²) in [5.41, 5.74) is 2.49. The van der Waals surface area contributed by atoms with Crippen molar-refractivity contribution in [2.75, 3.05) is 12.3 Å². The zero-order valence-corrected chi connectivity index (χ0v) is 12.7. The van der Waals surface area contributed by atoms with E-state index in [0.29, 0.717) is 4.75 Å². The molecule has 1 unspecified atom stereocenters. The number of imidazole rings is 1. The largest absolute Gasteiger partial charge is 0.311 e. The quantitative estimate of drug-likeness (QED) is 0.915. The Hall–Kier alpha value is -1.26. The van der Waals surface area contributed by atoms with Crippen molar-refractivity contribution in [3.63, 3.8) is 0 Å². The molecule has 1 aromatic carbocycles. The second-order valence-corrected chi connectivity index (χ2v) is 7.32. The number of thioether (sulfide) groups is 1. The molecule has 1 fully saturated rings. The monoisotopic (exact) mass is 287 g/mol. The molecule has 2 aromatic rings. The molecule has 0 radical (unpaired) electrons. The molecule has 0 bridgehead atoms. The molecule has 0 amide bonds. The molecule has 2 heterocycles. The summed E-state index contributed by atoms with van der Waals surface area (Å²) >= 11 is 2.11. The molecule has 3 rings (SSSR count). The maximum absolute atomic E-state index is 4.07. The van der Waals surface area contributed by atoms with E-state index in [9.17, 15) is 0 Å². The lowest BCUT2D eigenvalue weighted by atomic mass is 10.1. The minimum absolute atomic E-state index is 0.441. The van der Waals surface area contributed by atoms with E-state index in [4.69, 9.17) is 0 Å². The third-order valence-electron chi connectivity index (χ3n) is 3.87. The van der Waals surface area contributed by atoms with Crippen molar-refractivity contribution in [2.24, 2.45) is 0 Å². The molecular weight excluding hydrogens is 266 g/mol. The summed E-state index contributed by atoms with van der Waals surface area (Å²) in [4.78, 5) is 4.07. The van der Waals surface area contributed by atoms with E-state index in [1.807, 2.05) is 17.1 Å². The van der Waals surface area contributed by atoms with Crippen molar-refractivity contribution in [3.05, 3.63) is 48.5 Å². The second kappa shape index (κ2) is 6.02. The van der Waals surface area contributed by atoms with Crippen LogP contribution in [0.25, 0.3) is 5.69 Å². The molecule has 1 saturated heterocycles. The summed E-state index contributed by atoms with van der Waals surface area (Å²) in [6.45, 7) is 4.42. The van der Waals surface area contributed by atoms with Crippen LogP contribution in [-0.4, -0.2) is 26.6 Å². The second-order valence-electron chi connectivity index (χ2n) is 5.64. The van der Waals surface area contributed by atoms with Gasteiger partial charge in [-0.05, 0) is 43.2 Å². The van der Waals surface area contributed by atoms with Crippen molar-refractivity contribution in [2.45, 2.75) is 31.1 Å². The lowest BCUT2D eigenvalue weighted by molar-refractivity contribution is 0.537. The summed E-state index contributed by atoms with van der Waals surface area (Å²) < 4.78 is 2.46. The SMILES string of the molecule is CC1(CNCc2ccc(-n3ccnc3)cc2)CCCS1. The van der Waals surface area contributed by atoms with Crippen LogP contribution >= 0.6 is 11.8 Å². The minimum atomic E-state index is 0.441. The normalized spacial score (nSPS) is 22.2. The van der Waals surface area contributed by atoms with Crippen LogP contribution in [0.3, 0.4) is 0 Å². The van der Waals surface area contributed by atoms with Gasteiger partial charge in [0.05, 0.1) is 6.33 Å². The van der Waals surface area contributed by atoms with Crippen LogP contribution in [0.5, 0.6) is 0 Å². The molecule has 106 valence electrons. The van der Waals surface area contributed by atoms with Crippen LogP contribution in [0.2, 0.25) is 0 Å². The van der Waals surface area contributed by atoms with Gasteiger partial charge < -0.3 is 9.88 Å². The number of rotatable bonds is 5. The highest BCUT2D eigenvalue weighted by Gasteiger charge is 2.28. The first-order chi connectivity index (χ1) is 9.75. The Morgan fingerprint density at radius 3 is 2.85 bits per heavy atom. The Morgan fingerprint density at radius 1 is 1.35 bits per heavy atom. The first-order valence-corrected chi connectivity index (χ1v) is 8.16. The Kier molecular flexibility index (Phi) is 4.13. The molecule has 1 aliphatic heterocycles. The summed E-state index contributed by atoms with van der Waals surface area (Å²) in [6.07, 6.45) is 8.29. The zero-order valence-electron chi connectivity index (χ0n) is 11.9. The molecule has 0 saturated carbocycles. The molecule has 1 aliphatic rings. The van der Waals surface area contributed by atoms with Gasteiger partial charge in [0, 0.05) is 35.9 Å². The highest BCUT2D eigenvalue weighted by molar-refractivity contribution is 8.00. The number of aromatic nitrogens is 2. The summed E-state index contributed by atoms with van der Waals surface area (Å²) in [7, 11) is 0. The van der Waals surface area contributed by atoms with Gasteiger partial charge in [-0.3, -0.25) is 0 Å². The molecule has 0 aliphatic carbocycles. The number of benzene rings is 1. The third kappa shape index (κ3) is 3.25. The van der Waals surface area contributed by atoms with E-state index in [2.05, 4.69) is 53.3 Å². The van der Waals surface area contributed by atoms with E-state index in [1.54, 1.807) is 6.20 Å². The van der Waals surface area contributed by atoms with E-state index < -0.39 is 0 Å². The highest BCUT2D eigenvalue weighted by atomic mass is 32.2. The molecule has 20 heavy (non-hydrogen) atoms. The van der Waals surface area contributed by atoms with Gasteiger partial charge in [0.25, 0.3) is 0 Å². The zero-order chi connectivity index (χ0) is 13.8. The first-order valence-electron chi connectivity index (χ1n) is 7.17. The standard InChI is InChI=1S/C16H21N3S/c1-16(7-2-10-20-16)12-18-11-14-3-5-15(6-4-14)19-9-8-17-13-19/h3-6,8-9,13,18H,2,7,10-12H2,1H3. The van der Waals surface area contributed by atoms with Crippen molar-refractivity contribution < 1.29 is 0 Å². The van der Waals surface area contributed by atoms with Gasteiger partial charge in [-0.2, -0.15) is 11.8 Å². The molecular formula is C16H21N3S. The summed E-state index contributed by atoms with van der Waals surface area (Å²) in [5, 5.41) is 3.60. The molecule has 1 aromatic heterocycles. The number of hydrogen-bond acceptors (Lipinski definition) is 3. The predicted molar refractivity (Wildman–Crippen MR) is 85.4 cm³/mol. The van der Waals surface area contributed by atoms with Gasteiger partial charge in [0.15, 0.2) is 0 Å². The average Bonchev–Trinajstić information content (AvgIpc) is 3.11. The molecule has 3 nitrogen and oxygen atoms in total. The number of nitrogens with zero attached hydrogens (tertiary/aromatic N) is 2. The van der Waals surface area contributed by atoms with Crippen molar-refractivity contribution >= 4 is 11.8 Å². The van der Waals surface area contributed by atoms with Gasteiger partial charge in [0.2, 0.25) is 0 Å². The van der Waals surface area contributed by atoms with Crippen molar-refractivity contribution in [3.8, 4) is 5.69 Å². The van der Waals surface area contributed by atoms with Gasteiger partial charge in [-0.25, -0.2) is 4.98 Å². The van der Waals surface area contributed by atoms with Crippen molar-refractivity contribution in [1.29, 1.82) is 0 Å². The fourth-order valence-corrected chi connectivity index (χ4v) is 3.92. The topological polar surface area (TPSA) is 29.9 Å². The Morgan fingerprint density at radius 2 is 2.20 bits per heavy atom. The van der Waals surface area contributed by atoms with E-state index >= 15 is 0 Å². The van der Waals surface area contributed by atoms with Gasteiger partial charge in [-0.1, -0.05) is 12.1 Å². The smallest absolute Gasteiger partial charge is 0.0991 e. The molecule has 4 heteroatoms.